The summed E-state index contributed by atoms with van der Waals surface area (Å²) in [5, 5.41) is 6.71. The van der Waals surface area contributed by atoms with Crippen LogP contribution in [-0.2, 0) is 9.53 Å². The van der Waals surface area contributed by atoms with Crippen LogP contribution in [0.4, 0.5) is 0 Å². The quantitative estimate of drug-likeness (QED) is 0.784. The molecule has 4 heteroatoms. The molecule has 4 aliphatic rings. The number of carbonyl (C=O) groups is 1. The Kier molecular flexibility index (Phi) is 2.68. The van der Waals surface area contributed by atoms with Gasteiger partial charge < -0.3 is 15.4 Å². The van der Waals surface area contributed by atoms with Crippen molar-refractivity contribution in [2.75, 3.05) is 26.3 Å². The van der Waals surface area contributed by atoms with E-state index in [0.29, 0.717) is 24.0 Å². The molecule has 106 valence electrons. The first kappa shape index (κ1) is 12.2. The number of hydrogen-bond donors (Lipinski definition) is 2. The summed E-state index contributed by atoms with van der Waals surface area (Å²) >= 11 is 0. The summed E-state index contributed by atoms with van der Waals surface area (Å²) in [5.74, 6) is 0.723. The number of carbonyl (C=O) groups excluding carboxylic acids is 1. The lowest BCUT2D eigenvalue weighted by Crippen LogP contribution is -2.59. The van der Waals surface area contributed by atoms with Crippen LogP contribution in [-0.4, -0.2) is 38.3 Å². The fourth-order valence-corrected chi connectivity index (χ4v) is 4.67. The number of rotatable bonds is 2. The second-order valence-corrected chi connectivity index (χ2v) is 7.26. The van der Waals surface area contributed by atoms with Gasteiger partial charge in [0.2, 0.25) is 5.91 Å². The number of ether oxygens (including phenoxy) is 1. The summed E-state index contributed by atoms with van der Waals surface area (Å²) in [7, 11) is 0. The molecule has 4 fully saturated rings. The van der Waals surface area contributed by atoms with Crippen LogP contribution in [0.25, 0.3) is 0 Å². The first-order valence-electron chi connectivity index (χ1n) is 7.82. The van der Waals surface area contributed by atoms with Crippen molar-refractivity contribution in [2.45, 2.75) is 44.6 Å². The molecule has 2 N–H and O–H groups in total. The van der Waals surface area contributed by atoms with Crippen molar-refractivity contribution in [1.82, 2.24) is 10.6 Å². The lowest BCUT2D eigenvalue weighted by Gasteiger charge is -2.54. The molecular formula is C15H24N2O2. The molecule has 2 saturated carbocycles. The smallest absolute Gasteiger partial charge is 0.230 e. The van der Waals surface area contributed by atoms with Crippen molar-refractivity contribution in [3.05, 3.63) is 0 Å². The van der Waals surface area contributed by atoms with Crippen molar-refractivity contribution in [3.63, 3.8) is 0 Å². The number of nitrogens with one attached hydrogen (secondary N) is 2. The highest BCUT2D eigenvalue weighted by molar-refractivity contribution is 5.84. The van der Waals surface area contributed by atoms with Crippen molar-refractivity contribution in [1.29, 1.82) is 0 Å². The van der Waals surface area contributed by atoms with Gasteiger partial charge in [-0.2, -0.15) is 0 Å². The van der Waals surface area contributed by atoms with E-state index in [1.807, 2.05) is 0 Å². The Balaban J connectivity index is 1.39. The molecule has 4 nitrogen and oxygen atoms in total. The largest absolute Gasteiger partial charge is 0.380 e. The molecule has 0 aromatic rings. The molecule has 2 atom stereocenters. The summed E-state index contributed by atoms with van der Waals surface area (Å²) < 4.78 is 5.61. The monoisotopic (exact) mass is 264 g/mol. The van der Waals surface area contributed by atoms with E-state index in [2.05, 4.69) is 10.6 Å². The van der Waals surface area contributed by atoms with Crippen LogP contribution in [0.2, 0.25) is 0 Å². The zero-order valence-electron chi connectivity index (χ0n) is 11.5. The van der Waals surface area contributed by atoms with E-state index in [4.69, 9.17) is 4.74 Å². The Hall–Kier alpha value is -0.610. The number of hydrogen-bond acceptors (Lipinski definition) is 3. The Morgan fingerprint density at radius 3 is 2.89 bits per heavy atom. The lowest BCUT2D eigenvalue weighted by molar-refractivity contribution is -0.144. The third-order valence-electron chi connectivity index (χ3n) is 6.14. The summed E-state index contributed by atoms with van der Waals surface area (Å²) in [4.78, 5) is 12.7. The summed E-state index contributed by atoms with van der Waals surface area (Å²) in [6.07, 6.45) is 7.62. The van der Waals surface area contributed by atoms with Crippen LogP contribution < -0.4 is 10.6 Å². The standard InChI is InChI=1S/C15H24N2O2/c18-13(17-12-6-14(7-12)3-1-4-14)15-9-16-8-11(15)2-5-19-10-15/h11-12,16H,1-10H2,(H,17,18)/t11-,15+/m1/s1. The molecule has 0 bridgehead atoms. The molecule has 2 saturated heterocycles. The van der Waals surface area contributed by atoms with Gasteiger partial charge in [0.25, 0.3) is 0 Å². The van der Waals surface area contributed by atoms with Crippen molar-refractivity contribution in [3.8, 4) is 0 Å². The van der Waals surface area contributed by atoms with E-state index in [9.17, 15) is 4.79 Å². The maximum absolute atomic E-state index is 12.7. The minimum atomic E-state index is -0.277. The zero-order chi connectivity index (χ0) is 12.9. The van der Waals surface area contributed by atoms with Gasteiger partial charge in [-0.15, -0.1) is 0 Å². The van der Waals surface area contributed by atoms with E-state index in [1.165, 1.54) is 32.1 Å². The third-order valence-corrected chi connectivity index (χ3v) is 6.14. The van der Waals surface area contributed by atoms with E-state index in [1.54, 1.807) is 0 Å². The SMILES string of the molecule is O=C(NC1CC2(CCC2)C1)[C@]12CNC[C@H]1CCOC2. The summed E-state index contributed by atoms with van der Waals surface area (Å²) in [6, 6.07) is 0.436. The maximum atomic E-state index is 12.7. The van der Waals surface area contributed by atoms with Crippen LogP contribution >= 0.6 is 0 Å². The van der Waals surface area contributed by atoms with Crippen LogP contribution in [0.1, 0.15) is 38.5 Å². The second kappa shape index (κ2) is 4.19. The lowest BCUT2D eigenvalue weighted by atomic mass is 9.54. The van der Waals surface area contributed by atoms with Gasteiger partial charge in [0.05, 0.1) is 12.0 Å². The van der Waals surface area contributed by atoms with Crippen LogP contribution in [0.15, 0.2) is 0 Å². The average molecular weight is 264 g/mol. The van der Waals surface area contributed by atoms with Crippen molar-refractivity contribution in [2.24, 2.45) is 16.7 Å². The topological polar surface area (TPSA) is 50.4 Å². The van der Waals surface area contributed by atoms with Gasteiger partial charge in [-0.3, -0.25) is 4.79 Å². The van der Waals surface area contributed by atoms with Gasteiger partial charge in [0, 0.05) is 19.2 Å². The maximum Gasteiger partial charge on any atom is 0.230 e. The van der Waals surface area contributed by atoms with E-state index in [0.717, 1.165) is 26.1 Å². The highest BCUT2D eigenvalue weighted by atomic mass is 16.5. The highest BCUT2D eigenvalue weighted by Crippen LogP contribution is 2.56. The van der Waals surface area contributed by atoms with Crippen LogP contribution in [0.5, 0.6) is 0 Å². The van der Waals surface area contributed by atoms with Gasteiger partial charge >= 0.3 is 0 Å². The molecule has 1 amide bonds. The minimum absolute atomic E-state index is 0.251. The molecule has 0 aromatic carbocycles. The number of fused-ring (bicyclic) bond motifs is 1. The number of amides is 1. The fraction of sp³-hybridized carbons (Fsp3) is 0.933. The van der Waals surface area contributed by atoms with E-state index >= 15 is 0 Å². The van der Waals surface area contributed by atoms with Crippen molar-refractivity contribution < 1.29 is 9.53 Å². The molecule has 2 aliphatic carbocycles. The van der Waals surface area contributed by atoms with Gasteiger partial charge in [-0.25, -0.2) is 0 Å². The van der Waals surface area contributed by atoms with Gasteiger partial charge in [0.1, 0.15) is 0 Å². The van der Waals surface area contributed by atoms with Gasteiger partial charge in [-0.05, 0) is 50.0 Å². The average Bonchev–Trinajstić information content (AvgIpc) is 2.75. The van der Waals surface area contributed by atoms with Crippen LogP contribution in [0.3, 0.4) is 0 Å². The Morgan fingerprint density at radius 2 is 2.16 bits per heavy atom. The van der Waals surface area contributed by atoms with E-state index < -0.39 is 0 Å². The Bertz CT molecular complexity index is 386. The van der Waals surface area contributed by atoms with Crippen LogP contribution in [0, 0.1) is 16.7 Å². The van der Waals surface area contributed by atoms with Gasteiger partial charge in [0.15, 0.2) is 0 Å². The first-order valence-corrected chi connectivity index (χ1v) is 7.82. The molecular weight excluding hydrogens is 240 g/mol. The first-order chi connectivity index (χ1) is 9.23. The molecule has 19 heavy (non-hydrogen) atoms. The minimum Gasteiger partial charge on any atom is -0.380 e. The normalized spacial score (nSPS) is 40.3. The molecule has 2 aliphatic heterocycles. The summed E-state index contributed by atoms with van der Waals surface area (Å²) in [6.45, 7) is 3.19. The third kappa shape index (κ3) is 1.76. The van der Waals surface area contributed by atoms with Gasteiger partial charge in [-0.1, -0.05) is 6.42 Å². The Morgan fingerprint density at radius 1 is 1.32 bits per heavy atom. The predicted molar refractivity (Wildman–Crippen MR) is 71.7 cm³/mol. The Labute approximate surface area is 114 Å². The fourth-order valence-electron chi connectivity index (χ4n) is 4.67. The van der Waals surface area contributed by atoms with Crippen molar-refractivity contribution >= 4 is 5.91 Å². The molecule has 0 radical (unpaired) electrons. The predicted octanol–water partition coefficient (Wildman–Crippen LogP) is 1.06. The summed E-state index contributed by atoms with van der Waals surface area (Å²) in [5.41, 5.74) is 0.354. The van der Waals surface area contributed by atoms with E-state index in [-0.39, 0.29) is 11.3 Å². The zero-order valence-corrected chi connectivity index (χ0v) is 11.5. The highest BCUT2D eigenvalue weighted by Gasteiger charge is 2.54. The second-order valence-electron chi connectivity index (χ2n) is 7.26. The molecule has 4 rings (SSSR count). The molecule has 0 unspecified atom stereocenters. The molecule has 0 aromatic heterocycles. The molecule has 2 heterocycles. The molecule has 1 spiro atoms.